The summed E-state index contributed by atoms with van der Waals surface area (Å²) < 4.78 is 10.3. The van der Waals surface area contributed by atoms with Crippen molar-refractivity contribution in [3.05, 3.63) is 84.3 Å². The van der Waals surface area contributed by atoms with E-state index in [0.29, 0.717) is 11.4 Å². The van der Waals surface area contributed by atoms with Crippen molar-refractivity contribution in [1.82, 2.24) is 0 Å². The van der Waals surface area contributed by atoms with Crippen LogP contribution < -0.4 is 9.80 Å². The van der Waals surface area contributed by atoms with Crippen LogP contribution in [0.3, 0.4) is 0 Å². The normalized spacial score (nSPS) is 17.5. The zero-order chi connectivity index (χ0) is 22.0. The fourth-order valence-electron chi connectivity index (χ4n) is 4.12. The Morgan fingerprint density at radius 2 is 1.71 bits per heavy atom. The van der Waals surface area contributed by atoms with Crippen molar-refractivity contribution in [1.29, 1.82) is 0 Å². The molecule has 2 unspecified atom stereocenters. The highest BCUT2D eigenvalue weighted by Gasteiger charge is 2.44. The van der Waals surface area contributed by atoms with Crippen LogP contribution in [0.4, 0.5) is 11.4 Å². The molecule has 4 rings (SSSR count). The van der Waals surface area contributed by atoms with Gasteiger partial charge in [-0.05, 0) is 35.9 Å². The minimum absolute atomic E-state index is 0.119. The molecule has 7 nitrogen and oxygen atoms in total. The highest BCUT2D eigenvalue weighted by Crippen LogP contribution is 2.43. The van der Waals surface area contributed by atoms with Crippen LogP contribution in [0.5, 0.6) is 0 Å². The average molecular weight is 418 g/mol. The number of hydrogen-bond acceptors (Lipinski definition) is 5. The van der Waals surface area contributed by atoms with Crippen LogP contribution >= 0.6 is 0 Å². The first-order valence-corrected chi connectivity index (χ1v) is 9.91. The maximum absolute atomic E-state index is 13.3. The number of anilines is 2. The lowest BCUT2D eigenvalue weighted by molar-refractivity contribution is -0.142. The number of rotatable bonds is 4. The molecule has 1 aliphatic rings. The Morgan fingerprint density at radius 1 is 1.00 bits per heavy atom. The van der Waals surface area contributed by atoms with E-state index in [4.69, 9.17) is 9.15 Å². The standard InChI is InChI=1S/C24H22N2O5/c1-16(27)25(17-9-4-3-5-10-17)20-15-21(24(29)30-2)26(19-12-7-6-11-18(19)20)23(28)22-13-8-14-31-22/h3-14,20-21H,15H2,1-2H3. The van der Waals surface area contributed by atoms with Gasteiger partial charge >= 0.3 is 5.97 Å². The van der Waals surface area contributed by atoms with Gasteiger partial charge in [-0.2, -0.15) is 0 Å². The third-order valence-electron chi connectivity index (χ3n) is 5.42. The molecule has 0 bridgehead atoms. The van der Waals surface area contributed by atoms with Gasteiger partial charge in [-0.3, -0.25) is 14.5 Å². The number of furan rings is 1. The van der Waals surface area contributed by atoms with Gasteiger partial charge in [0.15, 0.2) is 5.76 Å². The lowest BCUT2D eigenvalue weighted by Crippen LogP contribution is -2.52. The molecule has 2 heterocycles. The number of amides is 2. The fourth-order valence-corrected chi connectivity index (χ4v) is 4.12. The molecule has 31 heavy (non-hydrogen) atoms. The molecular weight excluding hydrogens is 396 g/mol. The summed E-state index contributed by atoms with van der Waals surface area (Å²) in [6.45, 7) is 1.49. The van der Waals surface area contributed by atoms with Crippen LogP contribution in [-0.4, -0.2) is 30.9 Å². The number of para-hydroxylation sites is 2. The highest BCUT2D eigenvalue weighted by molar-refractivity contribution is 6.09. The maximum Gasteiger partial charge on any atom is 0.329 e. The monoisotopic (exact) mass is 418 g/mol. The van der Waals surface area contributed by atoms with Crippen LogP contribution in [0.1, 0.15) is 35.5 Å². The molecule has 0 N–H and O–H groups in total. The number of esters is 1. The topological polar surface area (TPSA) is 80.1 Å². The molecule has 2 atom stereocenters. The van der Waals surface area contributed by atoms with Gasteiger partial charge in [0, 0.05) is 19.0 Å². The van der Waals surface area contributed by atoms with Gasteiger partial charge in [-0.15, -0.1) is 0 Å². The van der Waals surface area contributed by atoms with Crippen LogP contribution in [0.25, 0.3) is 0 Å². The SMILES string of the molecule is COC(=O)C1CC(N(C(C)=O)c2ccccc2)c2ccccc2N1C(=O)c1ccco1. The van der Waals surface area contributed by atoms with Gasteiger partial charge in [0.25, 0.3) is 5.91 Å². The first-order valence-electron chi connectivity index (χ1n) is 9.91. The summed E-state index contributed by atoms with van der Waals surface area (Å²) >= 11 is 0. The molecule has 0 fully saturated rings. The number of carbonyl (C=O) groups is 3. The minimum atomic E-state index is -0.923. The quantitative estimate of drug-likeness (QED) is 0.599. The lowest BCUT2D eigenvalue weighted by atomic mass is 9.89. The molecule has 0 spiro atoms. The Balaban J connectivity index is 1.87. The van der Waals surface area contributed by atoms with Crippen molar-refractivity contribution in [2.45, 2.75) is 25.4 Å². The molecular formula is C24H22N2O5. The van der Waals surface area contributed by atoms with E-state index in [9.17, 15) is 14.4 Å². The summed E-state index contributed by atoms with van der Waals surface area (Å²) in [4.78, 5) is 41.8. The van der Waals surface area contributed by atoms with Gasteiger partial charge < -0.3 is 14.1 Å². The Kier molecular flexibility index (Phi) is 5.58. The number of carbonyl (C=O) groups excluding carboxylic acids is 3. The van der Waals surface area contributed by atoms with Crippen molar-refractivity contribution in [3.63, 3.8) is 0 Å². The summed E-state index contributed by atoms with van der Waals surface area (Å²) in [7, 11) is 1.29. The zero-order valence-corrected chi connectivity index (χ0v) is 17.2. The van der Waals surface area contributed by atoms with Gasteiger partial charge in [0.1, 0.15) is 6.04 Å². The van der Waals surface area contributed by atoms with E-state index in [1.54, 1.807) is 29.2 Å². The van der Waals surface area contributed by atoms with Gasteiger partial charge in [-0.25, -0.2) is 4.79 Å². The number of nitrogens with zero attached hydrogens (tertiary/aromatic N) is 2. The second kappa shape index (κ2) is 8.47. The van der Waals surface area contributed by atoms with Crippen molar-refractivity contribution in [3.8, 4) is 0 Å². The molecule has 0 saturated heterocycles. The lowest BCUT2D eigenvalue weighted by Gasteiger charge is -2.42. The molecule has 2 aromatic carbocycles. The molecule has 0 saturated carbocycles. The van der Waals surface area contributed by atoms with Crippen molar-refractivity contribution < 1.29 is 23.5 Å². The molecule has 158 valence electrons. The number of benzene rings is 2. The van der Waals surface area contributed by atoms with E-state index in [1.165, 1.54) is 25.2 Å². The average Bonchev–Trinajstić information content (AvgIpc) is 3.33. The van der Waals surface area contributed by atoms with E-state index in [2.05, 4.69) is 0 Å². The molecule has 1 aromatic heterocycles. The highest BCUT2D eigenvalue weighted by atomic mass is 16.5. The van der Waals surface area contributed by atoms with Crippen LogP contribution in [0, 0.1) is 0 Å². The van der Waals surface area contributed by atoms with Crippen LogP contribution in [-0.2, 0) is 14.3 Å². The third kappa shape index (κ3) is 3.70. The predicted octanol–water partition coefficient (Wildman–Crippen LogP) is 3.97. The van der Waals surface area contributed by atoms with Crippen molar-refractivity contribution in [2.75, 3.05) is 16.9 Å². The summed E-state index contributed by atoms with van der Waals surface area (Å²) in [5.74, 6) is -1.05. The van der Waals surface area contributed by atoms with E-state index in [0.717, 1.165) is 5.56 Å². The summed E-state index contributed by atoms with van der Waals surface area (Å²) in [5, 5.41) is 0. The number of ether oxygens (including phenoxy) is 1. The van der Waals surface area contributed by atoms with Crippen molar-refractivity contribution in [2.24, 2.45) is 0 Å². The minimum Gasteiger partial charge on any atom is -0.467 e. The van der Waals surface area contributed by atoms with Gasteiger partial charge in [0.2, 0.25) is 5.91 Å². The first kappa shape index (κ1) is 20.4. The predicted molar refractivity (Wildman–Crippen MR) is 115 cm³/mol. The molecule has 0 aliphatic carbocycles. The summed E-state index contributed by atoms with van der Waals surface area (Å²) in [6, 6.07) is 18.3. The van der Waals surface area contributed by atoms with Crippen molar-refractivity contribution >= 4 is 29.2 Å². The fraction of sp³-hybridized carbons (Fsp3) is 0.208. The maximum atomic E-state index is 13.3. The molecule has 3 aromatic rings. The Hall–Kier alpha value is -3.87. The van der Waals surface area contributed by atoms with E-state index in [-0.39, 0.29) is 18.1 Å². The van der Waals surface area contributed by atoms with Crippen LogP contribution in [0.15, 0.2) is 77.4 Å². The second-order valence-corrected chi connectivity index (χ2v) is 7.23. The summed E-state index contributed by atoms with van der Waals surface area (Å²) in [5.41, 5.74) is 2.02. The second-order valence-electron chi connectivity index (χ2n) is 7.23. The van der Waals surface area contributed by atoms with Gasteiger partial charge in [-0.1, -0.05) is 36.4 Å². The number of methoxy groups -OCH3 is 1. The zero-order valence-electron chi connectivity index (χ0n) is 17.2. The summed E-state index contributed by atoms with van der Waals surface area (Å²) in [6.07, 6.45) is 1.59. The smallest absolute Gasteiger partial charge is 0.329 e. The number of hydrogen-bond donors (Lipinski definition) is 0. The van der Waals surface area contributed by atoms with E-state index >= 15 is 0 Å². The first-order chi connectivity index (χ1) is 15.0. The molecule has 2 amide bonds. The largest absolute Gasteiger partial charge is 0.467 e. The Bertz CT molecular complexity index is 1090. The third-order valence-corrected chi connectivity index (χ3v) is 5.42. The van der Waals surface area contributed by atoms with Crippen LogP contribution in [0.2, 0.25) is 0 Å². The Labute approximate surface area is 179 Å². The van der Waals surface area contributed by atoms with E-state index in [1.807, 2.05) is 42.5 Å². The van der Waals surface area contributed by atoms with E-state index < -0.39 is 24.0 Å². The Morgan fingerprint density at radius 3 is 2.35 bits per heavy atom. The number of fused-ring (bicyclic) bond motifs is 1. The van der Waals surface area contributed by atoms with Gasteiger partial charge in [0.05, 0.1) is 25.1 Å². The molecule has 1 aliphatic heterocycles. The molecule has 7 heteroatoms. The molecule has 0 radical (unpaired) electrons.